The minimum atomic E-state index is -0.854. The molecule has 2 aliphatic rings. The van der Waals surface area contributed by atoms with E-state index in [-0.39, 0.29) is 17.7 Å². The van der Waals surface area contributed by atoms with E-state index in [9.17, 15) is 14.0 Å². The van der Waals surface area contributed by atoms with E-state index in [1.54, 1.807) is 30.8 Å². The van der Waals surface area contributed by atoms with E-state index in [1.165, 1.54) is 32.9 Å². The van der Waals surface area contributed by atoms with E-state index < -0.39 is 17.8 Å². The Morgan fingerprint density at radius 1 is 0.955 bits per heavy atom. The van der Waals surface area contributed by atoms with Crippen molar-refractivity contribution < 1.29 is 13.9 Å². The zero-order valence-electron chi connectivity index (χ0n) is 23.9. The third kappa shape index (κ3) is 4.88. The zero-order chi connectivity index (χ0) is 30.4. The van der Waals surface area contributed by atoms with Crippen LogP contribution in [0.3, 0.4) is 0 Å². The van der Waals surface area contributed by atoms with Crippen molar-refractivity contribution in [2.45, 2.75) is 22.8 Å². The lowest BCUT2D eigenvalue weighted by molar-refractivity contribution is -0.138. The monoisotopic (exact) mass is 619 g/mol. The van der Waals surface area contributed by atoms with E-state index in [4.69, 9.17) is 9.73 Å². The van der Waals surface area contributed by atoms with E-state index >= 15 is 0 Å². The molecule has 0 spiro atoms. The number of aromatic nitrogens is 1. The number of benzene rings is 4. The Morgan fingerprint density at radius 2 is 1.68 bits per heavy atom. The van der Waals surface area contributed by atoms with E-state index in [0.29, 0.717) is 20.6 Å². The standard InChI is InChI=1S/C35H26FN3O3S2/c1-3-42-34(41)30-31(22-9-5-4-6-10-22)37-35-39(32(30)23-14-16-24(36)17-15-23)33(40)29(44-35)20-21-13-18-26-28(19-21)43-27-12-8-7-11-25(27)38(26)2/h4-20,32H,3H2,1-2H3/b29-20+/t32-/m1/s1. The molecule has 44 heavy (non-hydrogen) atoms. The normalized spacial score (nSPS) is 15.8. The number of rotatable bonds is 5. The number of hydrogen-bond acceptors (Lipinski definition) is 7. The largest absolute Gasteiger partial charge is 0.463 e. The van der Waals surface area contributed by atoms with Gasteiger partial charge in [0, 0.05) is 22.4 Å². The van der Waals surface area contributed by atoms with E-state index in [0.717, 1.165) is 27.4 Å². The van der Waals surface area contributed by atoms with Crippen LogP contribution in [-0.4, -0.2) is 24.2 Å². The van der Waals surface area contributed by atoms with Gasteiger partial charge in [-0.1, -0.05) is 83.8 Å². The fourth-order valence-corrected chi connectivity index (χ4v) is 7.80. The van der Waals surface area contributed by atoms with Crippen LogP contribution in [0.4, 0.5) is 15.8 Å². The van der Waals surface area contributed by atoms with Crippen LogP contribution >= 0.6 is 23.1 Å². The van der Waals surface area contributed by atoms with Crippen molar-refractivity contribution in [1.82, 2.24) is 4.57 Å². The van der Waals surface area contributed by atoms with Gasteiger partial charge in [-0.15, -0.1) is 0 Å². The quantitative estimate of drug-likeness (QED) is 0.216. The summed E-state index contributed by atoms with van der Waals surface area (Å²) in [5, 5.41) is 0. The highest BCUT2D eigenvalue weighted by molar-refractivity contribution is 7.99. The molecule has 0 amide bonds. The molecule has 9 heteroatoms. The fraction of sp³-hybridized carbons (Fsp3) is 0.114. The number of hydrogen-bond donors (Lipinski definition) is 0. The molecule has 0 radical (unpaired) electrons. The predicted octanol–water partition coefficient (Wildman–Crippen LogP) is 6.31. The Labute approximate surface area is 261 Å². The minimum Gasteiger partial charge on any atom is -0.463 e. The van der Waals surface area contributed by atoms with Gasteiger partial charge in [-0.2, -0.15) is 0 Å². The number of carbonyl (C=O) groups is 1. The number of ether oxygens (including phenoxy) is 1. The third-order valence-electron chi connectivity index (χ3n) is 7.65. The molecule has 3 heterocycles. The van der Waals surface area contributed by atoms with Gasteiger partial charge in [0.15, 0.2) is 4.80 Å². The molecule has 0 saturated carbocycles. The lowest BCUT2D eigenvalue weighted by Crippen LogP contribution is -2.40. The van der Waals surface area contributed by atoms with Crippen LogP contribution in [0.25, 0.3) is 11.8 Å². The lowest BCUT2D eigenvalue weighted by atomic mass is 9.93. The van der Waals surface area contributed by atoms with Crippen LogP contribution in [0.15, 0.2) is 122 Å². The van der Waals surface area contributed by atoms with Crippen molar-refractivity contribution >= 4 is 52.2 Å². The molecule has 5 aromatic rings. The number of halogens is 1. The zero-order valence-corrected chi connectivity index (χ0v) is 25.5. The highest BCUT2D eigenvalue weighted by Crippen LogP contribution is 2.47. The second-order valence-corrected chi connectivity index (χ2v) is 12.4. The first-order valence-corrected chi connectivity index (χ1v) is 15.7. The summed E-state index contributed by atoms with van der Waals surface area (Å²) < 4.78 is 21.5. The predicted molar refractivity (Wildman–Crippen MR) is 173 cm³/mol. The molecule has 0 unspecified atom stereocenters. The first kappa shape index (κ1) is 28.1. The van der Waals surface area contributed by atoms with Crippen molar-refractivity contribution in [3.05, 3.63) is 145 Å². The lowest BCUT2D eigenvalue weighted by Gasteiger charge is -2.29. The third-order valence-corrected chi connectivity index (χ3v) is 9.74. The molecule has 0 saturated heterocycles. The van der Waals surface area contributed by atoms with E-state index in [1.807, 2.05) is 54.6 Å². The van der Waals surface area contributed by atoms with Gasteiger partial charge < -0.3 is 9.64 Å². The number of esters is 1. The average molecular weight is 620 g/mol. The summed E-state index contributed by atoms with van der Waals surface area (Å²) >= 11 is 2.96. The maximum atomic E-state index is 14.2. The summed E-state index contributed by atoms with van der Waals surface area (Å²) in [6.45, 7) is 1.89. The first-order valence-electron chi connectivity index (χ1n) is 14.1. The van der Waals surface area contributed by atoms with Gasteiger partial charge in [-0.25, -0.2) is 14.2 Å². The molecule has 6 nitrogen and oxygen atoms in total. The van der Waals surface area contributed by atoms with Gasteiger partial charge in [0.05, 0.1) is 39.8 Å². The molecular formula is C35H26FN3O3S2. The smallest absolute Gasteiger partial charge is 0.338 e. The van der Waals surface area contributed by atoms with Gasteiger partial charge in [0.25, 0.3) is 5.56 Å². The molecule has 2 aliphatic heterocycles. The molecular weight excluding hydrogens is 594 g/mol. The highest BCUT2D eigenvalue weighted by atomic mass is 32.2. The molecule has 218 valence electrons. The van der Waals surface area contributed by atoms with Gasteiger partial charge >= 0.3 is 5.97 Å². The van der Waals surface area contributed by atoms with Crippen molar-refractivity contribution in [3.63, 3.8) is 0 Å². The fourth-order valence-electron chi connectivity index (χ4n) is 5.60. The summed E-state index contributed by atoms with van der Waals surface area (Å²) in [6, 6.07) is 28.8. The van der Waals surface area contributed by atoms with Gasteiger partial charge in [0.1, 0.15) is 5.82 Å². The second-order valence-electron chi connectivity index (χ2n) is 10.3. The Hall–Kier alpha value is -4.73. The second kappa shape index (κ2) is 11.4. The van der Waals surface area contributed by atoms with Crippen LogP contribution in [0.5, 0.6) is 0 Å². The number of nitrogens with zero attached hydrogens (tertiary/aromatic N) is 3. The molecule has 0 aliphatic carbocycles. The maximum absolute atomic E-state index is 14.2. The summed E-state index contributed by atoms with van der Waals surface area (Å²) in [5.41, 5.74) is 4.79. The van der Waals surface area contributed by atoms with Crippen LogP contribution in [0, 0.1) is 5.82 Å². The summed E-state index contributed by atoms with van der Waals surface area (Å²) in [4.78, 5) is 37.5. The van der Waals surface area contributed by atoms with Crippen molar-refractivity contribution in [1.29, 1.82) is 0 Å². The SMILES string of the molecule is CCOC(=O)C1=C(c2ccccc2)N=c2s/c(=C/c3ccc4c(c3)Sc3ccccc3N4C)c(=O)n2[C@@H]1c1ccc(F)cc1. The number of anilines is 2. The van der Waals surface area contributed by atoms with Gasteiger partial charge in [-0.05, 0) is 60.5 Å². The van der Waals surface area contributed by atoms with Crippen LogP contribution in [0.2, 0.25) is 0 Å². The Balaban J connectivity index is 1.41. The maximum Gasteiger partial charge on any atom is 0.338 e. The molecule has 1 aromatic heterocycles. The van der Waals surface area contributed by atoms with Crippen molar-refractivity contribution in [3.8, 4) is 0 Å². The van der Waals surface area contributed by atoms with Crippen LogP contribution in [-0.2, 0) is 9.53 Å². The Morgan fingerprint density at radius 3 is 2.45 bits per heavy atom. The number of carbonyl (C=O) groups excluding carboxylic acids is 1. The summed E-state index contributed by atoms with van der Waals surface area (Å²) in [6.07, 6.45) is 1.86. The van der Waals surface area contributed by atoms with Gasteiger partial charge in [-0.3, -0.25) is 9.36 Å². The highest BCUT2D eigenvalue weighted by Gasteiger charge is 2.35. The molecule has 0 fully saturated rings. The van der Waals surface area contributed by atoms with Crippen molar-refractivity contribution in [2.24, 2.45) is 4.99 Å². The molecule has 7 rings (SSSR count). The van der Waals surface area contributed by atoms with Crippen molar-refractivity contribution in [2.75, 3.05) is 18.6 Å². The first-order chi connectivity index (χ1) is 21.4. The number of thiazole rings is 1. The molecule has 1 atom stereocenters. The number of fused-ring (bicyclic) bond motifs is 3. The molecule has 0 bridgehead atoms. The van der Waals surface area contributed by atoms with Gasteiger partial charge in [0.2, 0.25) is 0 Å². The van der Waals surface area contributed by atoms with Crippen LogP contribution in [0.1, 0.15) is 29.7 Å². The Bertz CT molecular complexity index is 2140. The van der Waals surface area contributed by atoms with Crippen LogP contribution < -0.4 is 19.8 Å². The molecule has 0 N–H and O–H groups in total. The average Bonchev–Trinajstić information content (AvgIpc) is 3.35. The summed E-state index contributed by atoms with van der Waals surface area (Å²) in [7, 11) is 2.05. The topological polar surface area (TPSA) is 63.9 Å². The number of para-hydroxylation sites is 1. The molecule has 4 aromatic carbocycles. The van der Waals surface area contributed by atoms with E-state index in [2.05, 4.69) is 36.2 Å². The summed E-state index contributed by atoms with van der Waals surface area (Å²) in [5.74, 6) is -0.987. The Kier molecular flexibility index (Phi) is 7.27. The minimum absolute atomic E-state index is 0.154.